The number of hydrogen-bond acceptors (Lipinski definition) is 4. The van der Waals surface area contributed by atoms with Crippen LogP contribution in [0.4, 0.5) is 0 Å². The Morgan fingerprint density at radius 3 is 0.643 bits per heavy atom. The monoisotopic (exact) mass is 310 g/mol. The molecule has 0 aromatic rings. The maximum Gasteiger partial charge on any atom is 1.00 e. The summed E-state index contributed by atoms with van der Waals surface area (Å²) in [6.07, 6.45) is 0. The Hall–Kier alpha value is 1.17. The summed E-state index contributed by atoms with van der Waals surface area (Å²) < 4.78 is 19.8. The molecule has 2 saturated heterocycles. The summed E-state index contributed by atoms with van der Waals surface area (Å²) in [7, 11) is 0. The van der Waals surface area contributed by atoms with Gasteiger partial charge < -0.3 is 42.9 Å². The molecule has 2 fully saturated rings. The fraction of sp³-hybridized carbons (Fsp3) is 1.00. The first kappa shape index (κ1) is 17.6. The molecule has 80 valence electrons. The van der Waals surface area contributed by atoms with Crippen LogP contribution in [0.1, 0.15) is 0 Å². The summed E-state index contributed by atoms with van der Waals surface area (Å²) in [4.78, 5) is 0. The molecule has 0 amide bonds. The largest absolute Gasteiger partial charge is 1.00 e. The van der Waals surface area contributed by atoms with Crippen molar-refractivity contribution in [3.8, 4) is 0 Å². The van der Waals surface area contributed by atoms with E-state index in [4.69, 9.17) is 18.9 Å². The third kappa shape index (κ3) is 11.2. The molecule has 14 heavy (non-hydrogen) atoms. The molecule has 0 spiro atoms. The maximum atomic E-state index is 4.94. The molecule has 2 aliphatic heterocycles. The smallest absolute Gasteiger partial charge is 1.00 e. The molecule has 4 nitrogen and oxygen atoms in total. The van der Waals surface area contributed by atoms with Gasteiger partial charge in [0.05, 0.1) is 52.9 Å². The maximum absolute atomic E-state index is 4.94. The van der Waals surface area contributed by atoms with Gasteiger partial charge in [0.2, 0.25) is 0 Å². The first-order chi connectivity index (χ1) is 6.00. The molecule has 2 heterocycles. The van der Waals surface area contributed by atoms with Crippen molar-refractivity contribution in [1.82, 2.24) is 0 Å². The fourth-order valence-corrected chi connectivity index (χ4v) is 0.880. The van der Waals surface area contributed by atoms with Crippen LogP contribution in [0.25, 0.3) is 0 Å². The summed E-state index contributed by atoms with van der Waals surface area (Å²) in [5.74, 6) is 0. The van der Waals surface area contributed by atoms with Crippen LogP contribution in [-0.2, 0) is 18.9 Å². The summed E-state index contributed by atoms with van der Waals surface area (Å²) in [6.45, 7) is 6.22. The summed E-state index contributed by atoms with van der Waals surface area (Å²) in [5.41, 5.74) is 0. The summed E-state index contributed by atoms with van der Waals surface area (Å²) in [6, 6.07) is 0. The van der Waals surface area contributed by atoms with E-state index in [1.807, 2.05) is 0 Å². The van der Waals surface area contributed by atoms with Crippen LogP contribution < -0.4 is 42.8 Å². The molecule has 0 aromatic carbocycles. The van der Waals surface area contributed by atoms with Crippen LogP contribution in [0.5, 0.6) is 0 Å². The van der Waals surface area contributed by atoms with Gasteiger partial charge in [-0.05, 0) is 0 Å². The van der Waals surface area contributed by atoms with Crippen molar-refractivity contribution in [3.63, 3.8) is 0 Å². The molecule has 0 N–H and O–H groups in total. The molecular formula is C8H16ILiO4. The molecule has 2 rings (SSSR count). The second-order valence-electron chi connectivity index (χ2n) is 2.45. The Bertz CT molecular complexity index is 64.3. The molecule has 0 radical (unpaired) electrons. The average Bonchev–Trinajstić information content (AvgIpc) is 2.24. The third-order valence-corrected chi connectivity index (χ3v) is 1.49. The Morgan fingerprint density at radius 1 is 0.429 bits per heavy atom. The topological polar surface area (TPSA) is 36.9 Å². The second-order valence-corrected chi connectivity index (χ2v) is 2.45. The molecule has 6 heteroatoms. The predicted octanol–water partition coefficient (Wildman–Crippen LogP) is -5.93. The Morgan fingerprint density at radius 2 is 0.571 bits per heavy atom. The number of hydrogen-bond donors (Lipinski definition) is 0. The van der Waals surface area contributed by atoms with E-state index in [0.29, 0.717) is 0 Å². The van der Waals surface area contributed by atoms with E-state index in [1.165, 1.54) is 0 Å². The standard InChI is InChI=1S/2C4H8O2.HI.Li/c2*1-2-6-4-3-5-1;;/h2*1-4H2;1H;/q;;;+1/p-1. The van der Waals surface area contributed by atoms with E-state index in [1.54, 1.807) is 0 Å². The van der Waals surface area contributed by atoms with Gasteiger partial charge in [0.25, 0.3) is 0 Å². The minimum Gasteiger partial charge on any atom is -1.00 e. The number of rotatable bonds is 0. The van der Waals surface area contributed by atoms with Gasteiger partial charge in [0.1, 0.15) is 0 Å². The van der Waals surface area contributed by atoms with E-state index in [9.17, 15) is 0 Å². The summed E-state index contributed by atoms with van der Waals surface area (Å²) in [5, 5.41) is 0. The van der Waals surface area contributed by atoms with Crippen LogP contribution in [0.3, 0.4) is 0 Å². The zero-order chi connectivity index (χ0) is 8.49. The normalized spacial score (nSPS) is 20.6. The molecule has 0 unspecified atom stereocenters. The van der Waals surface area contributed by atoms with Gasteiger partial charge in [-0.15, -0.1) is 0 Å². The van der Waals surface area contributed by atoms with E-state index in [0.717, 1.165) is 52.9 Å². The SMILES string of the molecule is C1COCCO1.C1COCCO1.[I-].[Li+]. The summed E-state index contributed by atoms with van der Waals surface area (Å²) >= 11 is 0. The van der Waals surface area contributed by atoms with Gasteiger partial charge in [-0.2, -0.15) is 0 Å². The van der Waals surface area contributed by atoms with Crippen LogP contribution in [0.2, 0.25) is 0 Å². The second kappa shape index (κ2) is 14.2. The first-order valence-electron chi connectivity index (χ1n) is 4.31. The number of ether oxygens (including phenoxy) is 4. The quantitative estimate of drug-likeness (QED) is 0.330. The van der Waals surface area contributed by atoms with Crippen LogP contribution in [0.15, 0.2) is 0 Å². The van der Waals surface area contributed by atoms with Crippen molar-refractivity contribution in [1.29, 1.82) is 0 Å². The molecule has 0 bridgehead atoms. The van der Waals surface area contributed by atoms with Crippen LogP contribution in [0, 0.1) is 0 Å². The zero-order valence-corrected chi connectivity index (χ0v) is 10.8. The van der Waals surface area contributed by atoms with Gasteiger partial charge in [-0.3, -0.25) is 0 Å². The van der Waals surface area contributed by atoms with E-state index >= 15 is 0 Å². The Kier molecular flexibility index (Phi) is 17.8. The van der Waals surface area contributed by atoms with E-state index in [2.05, 4.69) is 0 Å². The van der Waals surface area contributed by atoms with Gasteiger partial charge in [0.15, 0.2) is 0 Å². The van der Waals surface area contributed by atoms with E-state index < -0.39 is 0 Å². The van der Waals surface area contributed by atoms with Crippen molar-refractivity contribution in [2.45, 2.75) is 0 Å². The van der Waals surface area contributed by atoms with Crippen LogP contribution >= 0.6 is 0 Å². The average molecular weight is 310 g/mol. The minimum absolute atomic E-state index is 0. The molecule has 2 aliphatic rings. The number of halogens is 1. The molecule has 0 aromatic heterocycles. The van der Waals surface area contributed by atoms with Crippen molar-refractivity contribution < 1.29 is 61.8 Å². The van der Waals surface area contributed by atoms with Crippen molar-refractivity contribution >= 4 is 0 Å². The third-order valence-electron chi connectivity index (χ3n) is 1.49. The molecular weight excluding hydrogens is 294 g/mol. The Labute approximate surface area is 114 Å². The predicted molar refractivity (Wildman–Crippen MR) is 43.3 cm³/mol. The van der Waals surface area contributed by atoms with Gasteiger partial charge >= 0.3 is 18.9 Å². The van der Waals surface area contributed by atoms with Crippen LogP contribution in [-0.4, -0.2) is 52.9 Å². The van der Waals surface area contributed by atoms with E-state index in [-0.39, 0.29) is 42.8 Å². The Balaban J connectivity index is 0. The molecule has 0 saturated carbocycles. The van der Waals surface area contributed by atoms with Crippen molar-refractivity contribution in [2.24, 2.45) is 0 Å². The first-order valence-corrected chi connectivity index (χ1v) is 4.31. The zero-order valence-electron chi connectivity index (χ0n) is 8.67. The molecule has 0 atom stereocenters. The van der Waals surface area contributed by atoms with Gasteiger partial charge in [0, 0.05) is 0 Å². The fourth-order valence-electron chi connectivity index (χ4n) is 0.880. The van der Waals surface area contributed by atoms with Gasteiger partial charge in [-0.25, -0.2) is 0 Å². The minimum atomic E-state index is 0. The van der Waals surface area contributed by atoms with Crippen molar-refractivity contribution in [3.05, 3.63) is 0 Å². The molecule has 0 aliphatic carbocycles. The van der Waals surface area contributed by atoms with Gasteiger partial charge in [-0.1, -0.05) is 0 Å². The van der Waals surface area contributed by atoms with Crippen molar-refractivity contribution in [2.75, 3.05) is 52.9 Å².